The summed E-state index contributed by atoms with van der Waals surface area (Å²) in [6.45, 7) is 7.36. The molecule has 1 aromatic heterocycles. The first-order chi connectivity index (χ1) is 12.2. The predicted molar refractivity (Wildman–Crippen MR) is 106 cm³/mol. The van der Waals surface area contributed by atoms with Crippen molar-refractivity contribution in [2.75, 3.05) is 39.1 Å². The van der Waals surface area contributed by atoms with Gasteiger partial charge in [-0.25, -0.2) is 9.78 Å². The number of ether oxygens (including phenoxy) is 1. The van der Waals surface area contributed by atoms with E-state index < -0.39 is 11.7 Å². The largest absolute Gasteiger partial charge is 0.444 e. The van der Waals surface area contributed by atoms with Crippen LogP contribution in [0.4, 0.5) is 10.6 Å². The van der Waals surface area contributed by atoms with Gasteiger partial charge >= 0.3 is 6.09 Å². The van der Waals surface area contributed by atoms with Crippen LogP contribution in [0.25, 0.3) is 0 Å². The number of aliphatic imine (C=N–C) groups is 1. The Kier molecular flexibility index (Phi) is 8.67. The third kappa shape index (κ3) is 8.55. The summed E-state index contributed by atoms with van der Waals surface area (Å²) in [5, 5.41) is 9.23. The lowest BCUT2D eigenvalue weighted by molar-refractivity contribution is 0.0527. The van der Waals surface area contributed by atoms with Gasteiger partial charge in [0, 0.05) is 52.5 Å². The van der Waals surface area contributed by atoms with Gasteiger partial charge in [0.05, 0.1) is 0 Å². The lowest BCUT2D eigenvalue weighted by Gasteiger charge is -2.19. The van der Waals surface area contributed by atoms with Gasteiger partial charge in [0.25, 0.3) is 0 Å². The molecule has 0 spiro atoms. The average Bonchev–Trinajstić information content (AvgIpc) is 2.55. The first-order valence-electron chi connectivity index (χ1n) is 8.75. The predicted octanol–water partition coefficient (Wildman–Crippen LogP) is 1.73. The molecule has 0 radical (unpaired) electrons. The second-order valence-corrected chi connectivity index (χ2v) is 7.02. The number of nitrogens with one attached hydrogen (secondary N) is 3. The van der Waals surface area contributed by atoms with Crippen molar-refractivity contribution in [1.82, 2.24) is 20.9 Å². The minimum Gasteiger partial charge on any atom is -0.444 e. The molecule has 0 atom stereocenters. The lowest BCUT2D eigenvalue weighted by Crippen LogP contribution is -2.39. The molecular formula is C18H32N6O2. The summed E-state index contributed by atoms with van der Waals surface area (Å²) in [6, 6.07) is 3.95. The molecule has 0 aliphatic rings. The average molecular weight is 364 g/mol. The second-order valence-electron chi connectivity index (χ2n) is 7.02. The molecule has 1 heterocycles. The van der Waals surface area contributed by atoms with Crippen molar-refractivity contribution in [2.24, 2.45) is 4.99 Å². The molecule has 3 N–H and O–H groups in total. The zero-order chi connectivity index (χ0) is 19.6. The Balaban J connectivity index is 2.31. The summed E-state index contributed by atoms with van der Waals surface area (Å²) in [5.74, 6) is 1.63. The molecule has 146 valence electrons. The van der Waals surface area contributed by atoms with Crippen LogP contribution in [0, 0.1) is 0 Å². The summed E-state index contributed by atoms with van der Waals surface area (Å²) >= 11 is 0. The fourth-order valence-electron chi connectivity index (χ4n) is 2.17. The molecule has 0 bridgehead atoms. The highest BCUT2D eigenvalue weighted by Gasteiger charge is 2.15. The maximum atomic E-state index is 11.6. The standard InChI is InChI=1S/C18H32N6O2/c1-18(2,3)26-17(25)22-12-8-11-21-16(19-4)23-13-14-9-7-10-20-15(14)24(5)6/h7,9-10H,8,11-13H2,1-6H3,(H,22,25)(H2,19,21,23). The van der Waals surface area contributed by atoms with Crippen LogP contribution in [0.2, 0.25) is 0 Å². The Hall–Kier alpha value is -2.51. The van der Waals surface area contributed by atoms with Gasteiger partial charge in [0.15, 0.2) is 5.96 Å². The van der Waals surface area contributed by atoms with E-state index in [9.17, 15) is 4.79 Å². The number of rotatable bonds is 7. The molecule has 0 aliphatic heterocycles. The summed E-state index contributed by atoms with van der Waals surface area (Å²) < 4.78 is 5.19. The van der Waals surface area contributed by atoms with Crippen molar-refractivity contribution in [3.63, 3.8) is 0 Å². The van der Waals surface area contributed by atoms with E-state index in [1.54, 1.807) is 13.2 Å². The Bertz CT molecular complexity index is 596. The quantitative estimate of drug-likeness (QED) is 0.388. The maximum Gasteiger partial charge on any atom is 0.407 e. The number of pyridine rings is 1. The fourth-order valence-corrected chi connectivity index (χ4v) is 2.17. The zero-order valence-corrected chi connectivity index (χ0v) is 16.7. The second kappa shape index (κ2) is 10.5. The van der Waals surface area contributed by atoms with Gasteiger partial charge in [0.1, 0.15) is 11.4 Å². The molecule has 0 aromatic carbocycles. The fraction of sp³-hybridized carbons (Fsp3) is 0.611. The molecule has 0 saturated carbocycles. The number of nitrogens with zero attached hydrogens (tertiary/aromatic N) is 3. The van der Waals surface area contributed by atoms with Crippen LogP contribution in [0.3, 0.4) is 0 Å². The first kappa shape index (κ1) is 21.5. The van der Waals surface area contributed by atoms with Gasteiger partial charge in [0.2, 0.25) is 0 Å². The van der Waals surface area contributed by atoms with E-state index in [0.29, 0.717) is 25.6 Å². The molecule has 0 fully saturated rings. The van der Waals surface area contributed by atoms with E-state index in [0.717, 1.165) is 17.8 Å². The number of hydrogen-bond donors (Lipinski definition) is 3. The molecule has 0 aliphatic carbocycles. The first-order valence-corrected chi connectivity index (χ1v) is 8.75. The molecule has 26 heavy (non-hydrogen) atoms. The molecule has 0 unspecified atom stereocenters. The smallest absolute Gasteiger partial charge is 0.407 e. The van der Waals surface area contributed by atoms with Crippen molar-refractivity contribution in [3.8, 4) is 0 Å². The number of anilines is 1. The van der Waals surface area contributed by atoms with Gasteiger partial charge in [-0.05, 0) is 33.3 Å². The van der Waals surface area contributed by atoms with Crippen molar-refractivity contribution >= 4 is 17.9 Å². The van der Waals surface area contributed by atoms with E-state index in [1.807, 2.05) is 51.9 Å². The lowest BCUT2D eigenvalue weighted by atomic mass is 10.2. The zero-order valence-electron chi connectivity index (χ0n) is 16.7. The molecule has 1 rings (SSSR count). The maximum absolute atomic E-state index is 11.6. The molecule has 8 heteroatoms. The molecule has 1 aromatic rings. The molecule has 1 amide bonds. The topological polar surface area (TPSA) is 90.9 Å². The summed E-state index contributed by atoms with van der Waals surface area (Å²) in [4.78, 5) is 22.1. The van der Waals surface area contributed by atoms with Crippen molar-refractivity contribution in [3.05, 3.63) is 23.9 Å². The number of amides is 1. The number of alkyl carbamates (subject to hydrolysis) is 1. The monoisotopic (exact) mass is 364 g/mol. The van der Waals surface area contributed by atoms with Crippen LogP contribution >= 0.6 is 0 Å². The number of aromatic nitrogens is 1. The van der Waals surface area contributed by atoms with Crippen molar-refractivity contribution in [2.45, 2.75) is 39.3 Å². The molecule has 8 nitrogen and oxygen atoms in total. The summed E-state index contributed by atoms with van der Waals surface area (Å²) in [7, 11) is 5.66. The van der Waals surface area contributed by atoms with Crippen molar-refractivity contribution in [1.29, 1.82) is 0 Å². The Morgan fingerprint density at radius 2 is 1.92 bits per heavy atom. The van der Waals surface area contributed by atoms with Crippen LogP contribution in [-0.4, -0.2) is 56.9 Å². The number of guanidine groups is 1. The molecule has 0 saturated heterocycles. The summed E-state index contributed by atoms with van der Waals surface area (Å²) in [6.07, 6.45) is 2.15. The highest BCUT2D eigenvalue weighted by molar-refractivity contribution is 5.79. The number of carbonyl (C=O) groups is 1. The SMILES string of the molecule is CN=C(NCCCNC(=O)OC(C)(C)C)NCc1cccnc1N(C)C. The van der Waals surface area contributed by atoms with Gasteiger partial charge in [-0.15, -0.1) is 0 Å². The van der Waals surface area contributed by atoms with Crippen LogP contribution in [-0.2, 0) is 11.3 Å². The van der Waals surface area contributed by atoms with E-state index in [2.05, 4.69) is 25.9 Å². The van der Waals surface area contributed by atoms with Crippen LogP contribution in [0.1, 0.15) is 32.8 Å². The minimum absolute atomic E-state index is 0.396. The van der Waals surface area contributed by atoms with Gasteiger partial charge in [-0.2, -0.15) is 0 Å². The number of hydrogen-bond acceptors (Lipinski definition) is 5. The Morgan fingerprint density at radius 1 is 1.23 bits per heavy atom. The van der Waals surface area contributed by atoms with Crippen LogP contribution in [0.15, 0.2) is 23.3 Å². The Morgan fingerprint density at radius 3 is 2.54 bits per heavy atom. The summed E-state index contributed by atoms with van der Waals surface area (Å²) in [5.41, 5.74) is 0.610. The van der Waals surface area contributed by atoms with Crippen LogP contribution < -0.4 is 20.9 Å². The van der Waals surface area contributed by atoms with Gasteiger partial charge < -0.3 is 25.6 Å². The number of carbonyl (C=O) groups excluding carboxylic acids is 1. The highest BCUT2D eigenvalue weighted by Crippen LogP contribution is 2.13. The normalized spacial score (nSPS) is 11.7. The van der Waals surface area contributed by atoms with Gasteiger partial charge in [-0.1, -0.05) is 6.07 Å². The van der Waals surface area contributed by atoms with E-state index >= 15 is 0 Å². The molecular weight excluding hydrogens is 332 g/mol. The third-order valence-electron chi connectivity index (χ3n) is 3.28. The van der Waals surface area contributed by atoms with Gasteiger partial charge in [-0.3, -0.25) is 4.99 Å². The third-order valence-corrected chi connectivity index (χ3v) is 3.28. The van der Waals surface area contributed by atoms with E-state index in [4.69, 9.17) is 4.74 Å². The minimum atomic E-state index is -0.480. The highest BCUT2D eigenvalue weighted by atomic mass is 16.6. The van der Waals surface area contributed by atoms with E-state index in [1.165, 1.54) is 0 Å². The van der Waals surface area contributed by atoms with Crippen LogP contribution in [0.5, 0.6) is 0 Å². The van der Waals surface area contributed by atoms with E-state index in [-0.39, 0.29) is 0 Å². The van der Waals surface area contributed by atoms with Crippen molar-refractivity contribution < 1.29 is 9.53 Å². The Labute approximate surface area is 156 Å².